The summed E-state index contributed by atoms with van der Waals surface area (Å²) in [5, 5.41) is 13.3. The fourth-order valence-electron chi connectivity index (χ4n) is 2.07. The van der Waals surface area contributed by atoms with E-state index < -0.39 is 16.8 Å². The highest BCUT2D eigenvalue weighted by molar-refractivity contribution is 6.05. The van der Waals surface area contributed by atoms with Gasteiger partial charge in [-0.1, -0.05) is 0 Å². The molecule has 2 aromatic carbocycles. The van der Waals surface area contributed by atoms with Crippen molar-refractivity contribution in [3.63, 3.8) is 0 Å². The summed E-state index contributed by atoms with van der Waals surface area (Å²) in [6.45, 7) is 3.77. The quantitative estimate of drug-likeness (QED) is 0.515. The molecule has 0 aromatic heterocycles. The first-order valence-electron chi connectivity index (χ1n) is 7.26. The minimum Gasteiger partial charge on any atom is -0.462 e. The Labute approximate surface area is 138 Å². The zero-order valence-corrected chi connectivity index (χ0v) is 13.2. The second-order valence-corrected chi connectivity index (χ2v) is 5.01. The number of nitro groups is 1. The third-order valence-corrected chi connectivity index (χ3v) is 3.33. The molecule has 0 aliphatic heterocycles. The predicted molar refractivity (Wildman–Crippen MR) is 88.2 cm³/mol. The fraction of sp³-hybridized carbons (Fsp3) is 0.176. The van der Waals surface area contributed by atoms with Crippen molar-refractivity contribution < 1.29 is 19.2 Å². The van der Waals surface area contributed by atoms with Crippen molar-refractivity contribution in [3.05, 3.63) is 69.3 Å². The summed E-state index contributed by atoms with van der Waals surface area (Å²) < 4.78 is 4.92. The number of nitro benzene ring substituents is 1. The third kappa shape index (κ3) is 3.95. The van der Waals surface area contributed by atoms with Gasteiger partial charge in [0.05, 0.1) is 17.1 Å². The van der Waals surface area contributed by atoms with Gasteiger partial charge < -0.3 is 10.1 Å². The van der Waals surface area contributed by atoms with Gasteiger partial charge in [0.25, 0.3) is 11.6 Å². The van der Waals surface area contributed by atoms with Crippen LogP contribution in [0.4, 0.5) is 11.4 Å². The number of rotatable bonds is 5. The first kappa shape index (κ1) is 17.1. The number of non-ortho nitro benzene ring substituents is 1. The first-order chi connectivity index (χ1) is 11.4. The molecule has 0 aliphatic carbocycles. The number of benzene rings is 2. The van der Waals surface area contributed by atoms with Crippen LogP contribution in [0, 0.1) is 17.0 Å². The van der Waals surface area contributed by atoms with Crippen LogP contribution in [-0.4, -0.2) is 23.4 Å². The van der Waals surface area contributed by atoms with Gasteiger partial charge in [0, 0.05) is 23.4 Å². The van der Waals surface area contributed by atoms with E-state index in [1.807, 2.05) is 0 Å². The van der Waals surface area contributed by atoms with Gasteiger partial charge in [-0.25, -0.2) is 4.79 Å². The number of nitrogens with one attached hydrogen (secondary N) is 1. The molecule has 0 saturated heterocycles. The van der Waals surface area contributed by atoms with Crippen molar-refractivity contribution in [3.8, 4) is 0 Å². The number of ether oxygens (including phenoxy) is 1. The number of hydrogen-bond acceptors (Lipinski definition) is 5. The molecular weight excluding hydrogens is 312 g/mol. The van der Waals surface area contributed by atoms with Crippen molar-refractivity contribution >= 4 is 23.3 Å². The second kappa shape index (κ2) is 7.36. The molecule has 7 nitrogen and oxygen atoms in total. The average molecular weight is 328 g/mol. The molecule has 124 valence electrons. The van der Waals surface area contributed by atoms with Crippen LogP contribution in [-0.2, 0) is 4.74 Å². The highest BCUT2D eigenvalue weighted by Crippen LogP contribution is 2.19. The number of carbonyl (C=O) groups excluding carboxylic acids is 2. The Balaban J connectivity index is 2.14. The average Bonchev–Trinajstić information content (AvgIpc) is 2.56. The summed E-state index contributed by atoms with van der Waals surface area (Å²) in [6.07, 6.45) is 0. The lowest BCUT2D eigenvalue weighted by Gasteiger charge is -2.10. The Morgan fingerprint density at radius 3 is 2.29 bits per heavy atom. The highest BCUT2D eigenvalue weighted by Gasteiger charge is 2.12. The number of carbonyl (C=O) groups is 2. The minimum absolute atomic E-state index is 0.0819. The molecule has 7 heteroatoms. The van der Waals surface area contributed by atoms with E-state index in [-0.39, 0.29) is 12.3 Å². The molecule has 0 heterocycles. The van der Waals surface area contributed by atoms with E-state index in [0.717, 1.165) is 0 Å². The molecule has 1 N–H and O–H groups in total. The lowest BCUT2D eigenvalue weighted by atomic mass is 10.1. The molecule has 0 aliphatic rings. The van der Waals surface area contributed by atoms with Crippen molar-refractivity contribution in [1.82, 2.24) is 0 Å². The van der Waals surface area contributed by atoms with Crippen LogP contribution >= 0.6 is 0 Å². The number of hydrogen-bond donors (Lipinski definition) is 1. The van der Waals surface area contributed by atoms with Crippen molar-refractivity contribution in [2.24, 2.45) is 0 Å². The lowest BCUT2D eigenvalue weighted by molar-refractivity contribution is -0.384. The van der Waals surface area contributed by atoms with Crippen LogP contribution < -0.4 is 5.32 Å². The van der Waals surface area contributed by atoms with Crippen LogP contribution in [0.15, 0.2) is 42.5 Å². The molecule has 0 bridgehead atoms. The number of amides is 1. The maximum Gasteiger partial charge on any atom is 0.338 e. The Kier molecular flexibility index (Phi) is 5.26. The Bertz CT molecular complexity index is 784. The van der Waals surface area contributed by atoms with E-state index in [9.17, 15) is 19.7 Å². The molecule has 0 fully saturated rings. The Morgan fingerprint density at radius 1 is 1.12 bits per heavy atom. The number of aryl methyl sites for hydroxylation is 1. The van der Waals surface area contributed by atoms with Crippen LogP contribution in [0.5, 0.6) is 0 Å². The minimum atomic E-state index is -0.528. The second-order valence-electron chi connectivity index (χ2n) is 5.01. The summed E-state index contributed by atoms with van der Waals surface area (Å²) in [5.41, 5.74) is 1.88. The summed E-state index contributed by atoms with van der Waals surface area (Å²) in [7, 11) is 0. The number of anilines is 1. The van der Waals surface area contributed by atoms with Gasteiger partial charge >= 0.3 is 5.97 Å². The highest BCUT2D eigenvalue weighted by atomic mass is 16.6. The molecule has 0 saturated carbocycles. The molecule has 2 rings (SSSR count). The third-order valence-electron chi connectivity index (χ3n) is 3.33. The van der Waals surface area contributed by atoms with E-state index in [1.54, 1.807) is 32.0 Å². The predicted octanol–water partition coefficient (Wildman–Crippen LogP) is 3.33. The van der Waals surface area contributed by atoms with Crippen LogP contribution in [0.2, 0.25) is 0 Å². The zero-order valence-electron chi connectivity index (χ0n) is 13.2. The molecule has 24 heavy (non-hydrogen) atoms. The zero-order chi connectivity index (χ0) is 17.7. The molecule has 1 amide bonds. The molecule has 2 aromatic rings. The first-order valence-corrected chi connectivity index (χ1v) is 7.26. The molecule has 0 unspecified atom stereocenters. The van der Waals surface area contributed by atoms with Gasteiger partial charge in [0.15, 0.2) is 0 Å². The van der Waals surface area contributed by atoms with Gasteiger partial charge in [-0.05, 0) is 49.7 Å². The summed E-state index contributed by atoms with van der Waals surface area (Å²) in [5.74, 6) is -0.814. The molecule has 0 radical (unpaired) electrons. The van der Waals surface area contributed by atoms with E-state index >= 15 is 0 Å². The largest absolute Gasteiger partial charge is 0.462 e. The van der Waals surface area contributed by atoms with E-state index in [2.05, 4.69) is 5.32 Å². The van der Waals surface area contributed by atoms with Crippen molar-refractivity contribution in [2.45, 2.75) is 13.8 Å². The Hall–Kier alpha value is -3.22. The Morgan fingerprint density at radius 2 is 1.75 bits per heavy atom. The van der Waals surface area contributed by atoms with Gasteiger partial charge in [-0.3, -0.25) is 14.9 Å². The molecule has 0 spiro atoms. The molecular formula is C17H16N2O5. The monoisotopic (exact) mass is 328 g/mol. The number of nitrogens with zero attached hydrogens (tertiary/aromatic N) is 1. The van der Waals surface area contributed by atoms with Crippen LogP contribution in [0.25, 0.3) is 0 Å². The van der Waals surface area contributed by atoms with E-state index in [4.69, 9.17) is 4.74 Å². The summed E-state index contributed by atoms with van der Waals surface area (Å²) in [4.78, 5) is 34.0. The number of esters is 1. The van der Waals surface area contributed by atoms with E-state index in [0.29, 0.717) is 22.4 Å². The van der Waals surface area contributed by atoms with Crippen LogP contribution in [0.3, 0.4) is 0 Å². The summed E-state index contributed by atoms with van der Waals surface area (Å²) in [6, 6.07) is 10.1. The van der Waals surface area contributed by atoms with Crippen LogP contribution in [0.1, 0.15) is 33.2 Å². The van der Waals surface area contributed by atoms with Gasteiger partial charge in [-0.15, -0.1) is 0 Å². The topological polar surface area (TPSA) is 98.5 Å². The normalized spacial score (nSPS) is 10.1. The maximum absolute atomic E-state index is 12.2. The van der Waals surface area contributed by atoms with Gasteiger partial charge in [0.2, 0.25) is 0 Å². The smallest absolute Gasteiger partial charge is 0.338 e. The lowest BCUT2D eigenvalue weighted by Crippen LogP contribution is -2.13. The molecule has 0 atom stereocenters. The van der Waals surface area contributed by atoms with Crippen molar-refractivity contribution in [1.29, 1.82) is 0 Å². The SMILES string of the molecule is CCOC(=O)c1ccc(NC(=O)c2ccc([N+](=O)[O-])cc2)c(C)c1. The fourth-order valence-corrected chi connectivity index (χ4v) is 2.07. The summed E-state index contributed by atoms with van der Waals surface area (Å²) >= 11 is 0. The standard InChI is InChI=1S/C17H16N2O5/c1-3-24-17(21)13-6-9-15(11(2)10-13)18-16(20)12-4-7-14(8-5-12)19(22)23/h4-10H,3H2,1-2H3,(H,18,20). The van der Waals surface area contributed by atoms with Crippen molar-refractivity contribution in [2.75, 3.05) is 11.9 Å². The maximum atomic E-state index is 12.2. The van der Waals surface area contributed by atoms with Gasteiger partial charge in [0.1, 0.15) is 0 Å². The van der Waals surface area contributed by atoms with Gasteiger partial charge in [-0.2, -0.15) is 0 Å². The van der Waals surface area contributed by atoms with E-state index in [1.165, 1.54) is 24.3 Å².